The van der Waals surface area contributed by atoms with E-state index in [-0.39, 0.29) is 6.10 Å². The highest BCUT2D eigenvalue weighted by molar-refractivity contribution is 6.32. The highest BCUT2D eigenvalue weighted by Crippen LogP contribution is 2.37. The Bertz CT molecular complexity index is 469. The number of ether oxygens (including phenoxy) is 1. The third-order valence-electron chi connectivity index (χ3n) is 3.54. The van der Waals surface area contributed by atoms with Crippen molar-refractivity contribution in [2.24, 2.45) is 5.41 Å². The van der Waals surface area contributed by atoms with Crippen LogP contribution in [0.3, 0.4) is 0 Å². The summed E-state index contributed by atoms with van der Waals surface area (Å²) in [7, 11) is 0. The van der Waals surface area contributed by atoms with E-state index < -0.39 is 0 Å². The zero-order valence-electron chi connectivity index (χ0n) is 10.7. The molecule has 0 radical (unpaired) electrons. The lowest BCUT2D eigenvalue weighted by Gasteiger charge is -2.34. The van der Waals surface area contributed by atoms with Crippen LogP contribution in [-0.2, 0) is 0 Å². The molecule has 1 heterocycles. The number of halogens is 1. The quantitative estimate of drug-likeness (QED) is 0.812. The number of nitrogens with zero attached hydrogens (tertiary/aromatic N) is 2. The Morgan fingerprint density at radius 2 is 2.11 bits per heavy atom. The molecule has 0 aromatic carbocycles. The minimum atomic E-state index is 0.164. The highest BCUT2D eigenvalue weighted by Gasteiger charge is 2.28. The molecule has 96 valence electrons. The Morgan fingerprint density at radius 1 is 1.44 bits per heavy atom. The molecule has 1 aromatic rings. The third-order valence-corrected chi connectivity index (χ3v) is 3.91. The normalized spacial score (nSPS) is 19.2. The van der Waals surface area contributed by atoms with Crippen molar-refractivity contribution >= 4 is 11.6 Å². The van der Waals surface area contributed by atoms with Gasteiger partial charge in [-0.3, -0.25) is 0 Å². The predicted molar refractivity (Wildman–Crippen MR) is 70.6 cm³/mol. The van der Waals surface area contributed by atoms with Crippen molar-refractivity contribution in [1.82, 2.24) is 4.98 Å². The standard InChI is InChI=1S/C14H17ClN2O/c1-14(2)6-3-11(4-7-14)18-13-12(15)10(9-16)5-8-17-13/h5,8,11H,3-4,6-7H2,1-2H3. The first-order valence-corrected chi connectivity index (χ1v) is 6.61. The summed E-state index contributed by atoms with van der Waals surface area (Å²) < 4.78 is 5.83. The number of hydrogen-bond acceptors (Lipinski definition) is 3. The van der Waals surface area contributed by atoms with Gasteiger partial charge >= 0.3 is 0 Å². The summed E-state index contributed by atoms with van der Waals surface area (Å²) in [6, 6.07) is 3.63. The summed E-state index contributed by atoms with van der Waals surface area (Å²) in [4.78, 5) is 4.11. The van der Waals surface area contributed by atoms with Crippen molar-refractivity contribution < 1.29 is 4.74 Å². The van der Waals surface area contributed by atoms with Gasteiger partial charge in [-0.15, -0.1) is 0 Å². The van der Waals surface area contributed by atoms with Crippen LogP contribution in [0.5, 0.6) is 5.88 Å². The van der Waals surface area contributed by atoms with E-state index in [1.165, 1.54) is 0 Å². The Hall–Kier alpha value is -1.27. The fraction of sp³-hybridized carbons (Fsp3) is 0.571. The van der Waals surface area contributed by atoms with Crippen LogP contribution in [0.1, 0.15) is 45.1 Å². The molecule has 0 amide bonds. The van der Waals surface area contributed by atoms with Crippen LogP contribution < -0.4 is 4.74 Å². The van der Waals surface area contributed by atoms with Gasteiger partial charge in [0.2, 0.25) is 5.88 Å². The molecule has 0 N–H and O–H groups in total. The molecule has 18 heavy (non-hydrogen) atoms. The van der Waals surface area contributed by atoms with Gasteiger partial charge in [-0.25, -0.2) is 4.98 Å². The molecule has 1 fully saturated rings. The molecular formula is C14H17ClN2O. The molecule has 1 saturated carbocycles. The maximum absolute atomic E-state index is 8.90. The van der Waals surface area contributed by atoms with Crippen LogP contribution in [0.4, 0.5) is 0 Å². The fourth-order valence-electron chi connectivity index (χ4n) is 2.24. The SMILES string of the molecule is CC1(C)CCC(Oc2nccc(C#N)c2Cl)CC1. The molecule has 4 heteroatoms. The van der Waals surface area contributed by atoms with Gasteiger partial charge in [0, 0.05) is 6.20 Å². The topological polar surface area (TPSA) is 45.9 Å². The molecule has 1 aromatic heterocycles. The fourth-order valence-corrected chi connectivity index (χ4v) is 2.44. The van der Waals surface area contributed by atoms with Crippen LogP contribution in [0.25, 0.3) is 0 Å². The smallest absolute Gasteiger partial charge is 0.234 e. The average molecular weight is 265 g/mol. The van der Waals surface area contributed by atoms with Crippen LogP contribution in [-0.4, -0.2) is 11.1 Å². The van der Waals surface area contributed by atoms with Crippen LogP contribution >= 0.6 is 11.6 Å². The summed E-state index contributed by atoms with van der Waals surface area (Å²) in [6.45, 7) is 4.56. The van der Waals surface area contributed by atoms with E-state index >= 15 is 0 Å². The third kappa shape index (κ3) is 2.94. The van der Waals surface area contributed by atoms with Gasteiger partial charge in [-0.05, 0) is 37.2 Å². The zero-order valence-corrected chi connectivity index (χ0v) is 11.5. The van der Waals surface area contributed by atoms with Gasteiger partial charge in [0.05, 0.1) is 5.56 Å². The maximum Gasteiger partial charge on any atom is 0.234 e. The van der Waals surface area contributed by atoms with Crippen molar-refractivity contribution in [2.45, 2.75) is 45.6 Å². The highest BCUT2D eigenvalue weighted by atomic mass is 35.5. The lowest BCUT2D eigenvalue weighted by molar-refractivity contribution is 0.0950. The molecular weight excluding hydrogens is 248 g/mol. The van der Waals surface area contributed by atoms with Crippen molar-refractivity contribution in [3.05, 3.63) is 22.8 Å². The number of nitriles is 1. The molecule has 2 rings (SSSR count). The summed E-state index contributed by atoms with van der Waals surface area (Å²) in [5, 5.41) is 9.22. The maximum atomic E-state index is 8.90. The van der Waals surface area contributed by atoms with Gasteiger partial charge in [0.1, 0.15) is 17.2 Å². The monoisotopic (exact) mass is 264 g/mol. The van der Waals surface area contributed by atoms with Gasteiger partial charge in [0.25, 0.3) is 0 Å². The molecule has 0 saturated heterocycles. The number of rotatable bonds is 2. The van der Waals surface area contributed by atoms with Gasteiger partial charge in [0.15, 0.2) is 0 Å². The second-order valence-electron chi connectivity index (χ2n) is 5.57. The Kier molecular flexibility index (Phi) is 3.77. The molecule has 1 aliphatic rings. The first kappa shape index (κ1) is 13.2. The first-order valence-electron chi connectivity index (χ1n) is 6.23. The lowest BCUT2D eigenvalue weighted by atomic mass is 9.76. The van der Waals surface area contributed by atoms with E-state index in [1.54, 1.807) is 12.3 Å². The Balaban J connectivity index is 2.05. The summed E-state index contributed by atoms with van der Waals surface area (Å²) in [5.74, 6) is 0.389. The van der Waals surface area contributed by atoms with E-state index in [4.69, 9.17) is 21.6 Å². The van der Waals surface area contributed by atoms with Crippen LogP contribution in [0.2, 0.25) is 5.02 Å². The van der Waals surface area contributed by atoms with Crippen molar-refractivity contribution in [3.63, 3.8) is 0 Å². The minimum Gasteiger partial charge on any atom is -0.473 e. The van der Waals surface area contributed by atoms with Crippen molar-refractivity contribution in [3.8, 4) is 11.9 Å². The van der Waals surface area contributed by atoms with Crippen molar-refractivity contribution in [1.29, 1.82) is 5.26 Å². The summed E-state index contributed by atoms with van der Waals surface area (Å²) in [5.41, 5.74) is 0.823. The van der Waals surface area contributed by atoms with E-state index in [0.29, 0.717) is 21.9 Å². The van der Waals surface area contributed by atoms with E-state index in [1.807, 2.05) is 6.07 Å². The number of hydrogen-bond donors (Lipinski definition) is 0. The van der Waals surface area contributed by atoms with Crippen LogP contribution in [0, 0.1) is 16.7 Å². The van der Waals surface area contributed by atoms with E-state index in [9.17, 15) is 0 Å². The van der Waals surface area contributed by atoms with Gasteiger partial charge in [-0.2, -0.15) is 5.26 Å². The van der Waals surface area contributed by atoms with Gasteiger partial charge in [-0.1, -0.05) is 25.4 Å². The minimum absolute atomic E-state index is 0.164. The average Bonchev–Trinajstić information content (AvgIpc) is 2.34. The molecule has 0 atom stereocenters. The van der Waals surface area contributed by atoms with Crippen LogP contribution in [0.15, 0.2) is 12.3 Å². The molecule has 1 aliphatic carbocycles. The zero-order chi connectivity index (χ0) is 13.2. The number of pyridine rings is 1. The van der Waals surface area contributed by atoms with Gasteiger partial charge < -0.3 is 4.74 Å². The Labute approximate surface area is 113 Å². The summed E-state index contributed by atoms with van der Waals surface area (Å²) >= 11 is 6.07. The van der Waals surface area contributed by atoms with E-state index in [2.05, 4.69) is 18.8 Å². The number of aromatic nitrogens is 1. The van der Waals surface area contributed by atoms with Crippen molar-refractivity contribution in [2.75, 3.05) is 0 Å². The Morgan fingerprint density at radius 3 is 2.72 bits per heavy atom. The molecule has 3 nitrogen and oxygen atoms in total. The first-order chi connectivity index (χ1) is 8.52. The largest absolute Gasteiger partial charge is 0.473 e. The second-order valence-corrected chi connectivity index (χ2v) is 5.95. The molecule has 0 bridgehead atoms. The summed E-state index contributed by atoms with van der Waals surface area (Å²) in [6.07, 6.45) is 6.05. The molecule has 0 aliphatic heterocycles. The lowest BCUT2D eigenvalue weighted by Crippen LogP contribution is -2.28. The predicted octanol–water partition coefficient (Wildman–Crippen LogP) is 3.95. The molecule has 0 spiro atoms. The second kappa shape index (κ2) is 5.16. The molecule has 0 unspecified atom stereocenters. The van der Waals surface area contributed by atoms with E-state index in [0.717, 1.165) is 25.7 Å².